The molecular formula is C17H15ClO6. The van der Waals surface area contributed by atoms with Gasteiger partial charge in [0.2, 0.25) is 6.79 Å². The van der Waals surface area contributed by atoms with Crippen molar-refractivity contribution in [2.75, 3.05) is 21.0 Å². The Hall–Kier alpha value is -2.60. The van der Waals surface area contributed by atoms with Crippen LogP contribution in [-0.2, 0) is 11.3 Å². The first-order valence-corrected chi connectivity index (χ1v) is 7.47. The Labute approximate surface area is 143 Å². The van der Waals surface area contributed by atoms with E-state index >= 15 is 0 Å². The molecule has 6 nitrogen and oxygen atoms in total. The first-order valence-electron chi connectivity index (χ1n) is 7.09. The second-order valence-electron chi connectivity index (χ2n) is 4.96. The molecule has 0 aromatic heterocycles. The molecule has 0 unspecified atom stereocenters. The van der Waals surface area contributed by atoms with Crippen LogP contribution in [0.15, 0.2) is 30.3 Å². The molecule has 0 spiro atoms. The lowest BCUT2D eigenvalue weighted by Crippen LogP contribution is -2.06. The maximum absolute atomic E-state index is 12.2. The van der Waals surface area contributed by atoms with Gasteiger partial charge in [-0.05, 0) is 35.9 Å². The quantitative estimate of drug-likeness (QED) is 0.770. The number of fused-ring (bicyclic) bond motifs is 1. The van der Waals surface area contributed by atoms with Crippen molar-refractivity contribution in [2.24, 2.45) is 0 Å². The topological polar surface area (TPSA) is 63.2 Å². The fourth-order valence-electron chi connectivity index (χ4n) is 2.30. The number of hydrogen-bond acceptors (Lipinski definition) is 6. The number of halogens is 1. The third kappa shape index (κ3) is 3.19. The van der Waals surface area contributed by atoms with Crippen LogP contribution in [0, 0.1) is 0 Å². The molecular weight excluding hydrogens is 336 g/mol. The monoisotopic (exact) mass is 350 g/mol. The van der Waals surface area contributed by atoms with Crippen molar-refractivity contribution >= 4 is 17.6 Å². The van der Waals surface area contributed by atoms with E-state index in [1.807, 2.05) is 0 Å². The van der Waals surface area contributed by atoms with Gasteiger partial charge in [0, 0.05) is 0 Å². The van der Waals surface area contributed by atoms with Gasteiger partial charge in [-0.1, -0.05) is 11.6 Å². The third-order valence-corrected chi connectivity index (χ3v) is 3.76. The molecule has 2 aromatic rings. The molecule has 7 heteroatoms. The summed E-state index contributed by atoms with van der Waals surface area (Å²) in [5, 5.41) is 0.419. The van der Waals surface area contributed by atoms with Crippen molar-refractivity contribution in [3.8, 4) is 23.0 Å². The Morgan fingerprint density at radius 3 is 2.67 bits per heavy atom. The minimum atomic E-state index is -0.482. The molecule has 0 fully saturated rings. The second kappa shape index (κ2) is 6.88. The number of ether oxygens (including phenoxy) is 5. The van der Waals surface area contributed by atoms with Crippen LogP contribution in [-0.4, -0.2) is 27.0 Å². The first-order chi connectivity index (χ1) is 11.6. The number of methoxy groups -OCH3 is 2. The predicted octanol–water partition coefficient (Wildman–Crippen LogP) is 3.44. The van der Waals surface area contributed by atoms with E-state index in [9.17, 15) is 4.79 Å². The highest BCUT2D eigenvalue weighted by Gasteiger charge is 2.19. The van der Waals surface area contributed by atoms with Crippen LogP contribution in [0.3, 0.4) is 0 Å². The maximum atomic E-state index is 12.2. The van der Waals surface area contributed by atoms with Gasteiger partial charge >= 0.3 is 5.97 Å². The third-order valence-electron chi connectivity index (χ3n) is 3.48. The van der Waals surface area contributed by atoms with E-state index in [0.29, 0.717) is 39.1 Å². The average molecular weight is 351 g/mol. The predicted molar refractivity (Wildman–Crippen MR) is 86.2 cm³/mol. The summed E-state index contributed by atoms with van der Waals surface area (Å²) in [5.41, 5.74) is 1.07. The van der Waals surface area contributed by atoms with E-state index in [2.05, 4.69) is 0 Å². The molecule has 0 amide bonds. The second-order valence-corrected chi connectivity index (χ2v) is 5.36. The molecule has 1 heterocycles. The maximum Gasteiger partial charge on any atom is 0.338 e. The summed E-state index contributed by atoms with van der Waals surface area (Å²) in [5.74, 6) is 1.56. The number of benzene rings is 2. The molecule has 126 valence electrons. The molecule has 3 rings (SSSR count). The fourth-order valence-corrected chi connectivity index (χ4v) is 2.59. The van der Waals surface area contributed by atoms with Crippen molar-refractivity contribution in [1.82, 2.24) is 0 Å². The highest BCUT2D eigenvalue weighted by molar-refractivity contribution is 6.32. The molecule has 0 atom stereocenters. The summed E-state index contributed by atoms with van der Waals surface area (Å²) in [6.07, 6.45) is 0. The molecule has 0 saturated heterocycles. The molecule has 24 heavy (non-hydrogen) atoms. The molecule has 2 aromatic carbocycles. The smallest absolute Gasteiger partial charge is 0.338 e. The Balaban J connectivity index is 1.71. The molecule has 0 radical (unpaired) electrons. The number of carbonyl (C=O) groups excluding carboxylic acids is 1. The summed E-state index contributed by atoms with van der Waals surface area (Å²) in [7, 11) is 3.03. The van der Waals surface area contributed by atoms with E-state index in [1.54, 1.807) is 30.3 Å². The SMILES string of the molecule is COc1ccc(C(=O)OCc2cc(Cl)c3c(c2)OCO3)cc1OC. The Morgan fingerprint density at radius 2 is 1.92 bits per heavy atom. The molecule has 0 saturated carbocycles. The summed E-state index contributed by atoms with van der Waals surface area (Å²) < 4.78 is 26.2. The minimum absolute atomic E-state index is 0.0591. The van der Waals surface area contributed by atoms with Gasteiger partial charge in [0.05, 0.1) is 24.8 Å². The van der Waals surface area contributed by atoms with Crippen molar-refractivity contribution < 1.29 is 28.5 Å². The van der Waals surface area contributed by atoms with Crippen molar-refractivity contribution in [3.63, 3.8) is 0 Å². The van der Waals surface area contributed by atoms with E-state index in [0.717, 1.165) is 0 Å². The zero-order chi connectivity index (χ0) is 17.1. The number of hydrogen-bond donors (Lipinski definition) is 0. The lowest BCUT2D eigenvalue weighted by atomic mass is 10.2. The molecule has 0 aliphatic carbocycles. The molecule has 1 aliphatic heterocycles. The summed E-state index contributed by atoms with van der Waals surface area (Å²) in [4.78, 5) is 12.2. The van der Waals surface area contributed by atoms with Gasteiger partial charge in [-0.25, -0.2) is 4.79 Å². The van der Waals surface area contributed by atoms with Crippen molar-refractivity contribution in [3.05, 3.63) is 46.5 Å². The Kier molecular flexibility index (Phi) is 4.66. The first kappa shape index (κ1) is 16.3. The van der Waals surface area contributed by atoms with E-state index in [1.165, 1.54) is 14.2 Å². The van der Waals surface area contributed by atoms with Gasteiger partial charge in [0.1, 0.15) is 6.61 Å². The van der Waals surface area contributed by atoms with Gasteiger partial charge in [-0.2, -0.15) is 0 Å². The van der Waals surface area contributed by atoms with Gasteiger partial charge < -0.3 is 23.7 Å². The van der Waals surface area contributed by atoms with Crippen LogP contribution in [0.1, 0.15) is 15.9 Å². The van der Waals surface area contributed by atoms with Gasteiger partial charge in [-0.3, -0.25) is 0 Å². The molecule has 0 N–H and O–H groups in total. The van der Waals surface area contributed by atoms with Gasteiger partial charge in [-0.15, -0.1) is 0 Å². The summed E-state index contributed by atoms with van der Waals surface area (Å²) in [6, 6.07) is 8.23. The van der Waals surface area contributed by atoms with Gasteiger partial charge in [0.15, 0.2) is 23.0 Å². The molecule has 1 aliphatic rings. The van der Waals surface area contributed by atoms with E-state index < -0.39 is 5.97 Å². The van der Waals surface area contributed by atoms with Crippen LogP contribution < -0.4 is 18.9 Å². The normalized spacial score (nSPS) is 12.0. The van der Waals surface area contributed by atoms with Gasteiger partial charge in [0.25, 0.3) is 0 Å². The number of rotatable bonds is 5. The van der Waals surface area contributed by atoms with Crippen molar-refractivity contribution in [1.29, 1.82) is 0 Å². The summed E-state index contributed by atoms with van der Waals surface area (Å²) >= 11 is 6.10. The standard InChI is InChI=1S/C17H15ClO6/c1-20-13-4-3-11(7-14(13)21-2)17(19)22-8-10-5-12(18)16-15(6-10)23-9-24-16/h3-7H,8-9H2,1-2H3. The van der Waals surface area contributed by atoms with Crippen LogP contribution in [0.4, 0.5) is 0 Å². The zero-order valence-electron chi connectivity index (χ0n) is 13.1. The minimum Gasteiger partial charge on any atom is -0.493 e. The van der Waals surface area contributed by atoms with Crippen LogP contribution in [0.2, 0.25) is 5.02 Å². The average Bonchev–Trinajstić information content (AvgIpc) is 3.08. The Bertz CT molecular complexity index is 774. The van der Waals surface area contributed by atoms with Crippen LogP contribution in [0.5, 0.6) is 23.0 Å². The summed E-state index contributed by atoms with van der Waals surface area (Å²) in [6.45, 7) is 0.188. The highest BCUT2D eigenvalue weighted by Crippen LogP contribution is 2.40. The number of esters is 1. The van der Waals surface area contributed by atoms with E-state index in [-0.39, 0.29) is 13.4 Å². The zero-order valence-corrected chi connectivity index (χ0v) is 13.9. The van der Waals surface area contributed by atoms with Crippen molar-refractivity contribution in [2.45, 2.75) is 6.61 Å². The van der Waals surface area contributed by atoms with E-state index in [4.69, 9.17) is 35.3 Å². The highest BCUT2D eigenvalue weighted by atomic mass is 35.5. The Morgan fingerprint density at radius 1 is 1.12 bits per heavy atom. The largest absolute Gasteiger partial charge is 0.493 e. The fraction of sp³-hybridized carbons (Fsp3) is 0.235. The lowest BCUT2D eigenvalue weighted by Gasteiger charge is -2.10. The lowest BCUT2D eigenvalue weighted by molar-refractivity contribution is 0.0472. The number of carbonyl (C=O) groups is 1. The van der Waals surface area contributed by atoms with Crippen LogP contribution >= 0.6 is 11.6 Å². The molecule has 0 bridgehead atoms. The van der Waals surface area contributed by atoms with Crippen LogP contribution in [0.25, 0.3) is 0 Å².